The third kappa shape index (κ3) is 2.30. The number of nitrogens with one attached hydrogen (secondary N) is 1. The van der Waals surface area contributed by atoms with Crippen molar-refractivity contribution in [3.63, 3.8) is 0 Å². The van der Waals surface area contributed by atoms with Gasteiger partial charge in [0.05, 0.1) is 0 Å². The van der Waals surface area contributed by atoms with Gasteiger partial charge in [0.15, 0.2) is 0 Å². The van der Waals surface area contributed by atoms with E-state index in [-0.39, 0.29) is 0 Å². The summed E-state index contributed by atoms with van der Waals surface area (Å²) in [6.07, 6.45) is 3.78. The molecule has 2 N–H and O–H groups in total. The topological polar surface area (TPSA) is 45.4 Å². The molecule has 2 rings (SSSR count). The predicted octanol–water partition coefficient (Wildman–Crippen LogP) is 2.25. The maximum absolute atomic E-state index is 10.4. The Hall–Kier alpha value is -0.800. The lowest BCUT2D eigenvalue weighted by Gasteiger charge is -2.31. The molecule has 0 bridgehead atoms. The summed E-state index contributed by atoms with van der Waals surface area (Å²) < 4.78 is 5.46. The Bertz CT molecular complexity index is 364. The first-order chi connectivity index (χ1) is 7.49. The number of furan rings is 1. The summed E-state index contributed by atoms with van der Waals surface area (Å²) in [5.41, 5.74) is 0.0640. The third-order valence-electron chi connectivity index (χ3n) is 3.46. The van der Waals surface area contributed by atoms with E-state index >= 15 is 0 Å². The molecule has 1 aromatic heterocycles. The Balaban J connectivity index is 2.02. The van der Waals surface area contributed by atoms with E-state index in [9.17, 15) is 5.11 Å². The molecule has 16 heavy (non-hydrogen) atoms. The Morgan fingerprint density at radius 3 is 2.62 bits per heavy atom. The van der Waals surface area contributed by atoms with Crippen LogP contribution < -0.4 is 5.32 Å². The van der Waals surface area contributed by atoms with Crippen LogP contribution >= 0.6 is 0 Å². The van der Waals surface area contributed by atoms with E-state index in [0.717, 1.165) is 17.1 Å². The number of rotatable bonds is 4. The normalized spacial score (nSPS) is 20.5. The number of aliphatic hydroxyl groups is 1. The highest BCUT2D eigenvalue weighted by Crippen LogP contribution is 2.27. The minimum atomic E-state index is -0.836. The number of hydrogen-bond donors (Lipinski definition) is 2. The Morgan fingerprint density at radius 2 is 2.19 bits per heavy atom. The molecule has 90 valence electrons. The first kappa shape index (κ1) is 11.7. The van der Waals surface area contributed by atoms with Crippen molar-refractivity contribution in [2.45, 2.75) is 51.7 Å². The molecule has 0 aromatic carbocycles. The van der Waals surface area contributed by atoms with Gasteiger partial charge in [-0.05, 0) is 39.7 Å². The van der Waals surface area contributed by atoms with Gasteiger partial charge in [0, 0.05) is 18.2 Å². The molecule has 1 heterocycles. The number of hydrogen-bond acceptors (Lipinski definition) is 3. The molecule has 1 unspecified atom stereocenters. The molecule has 1 saturated carbocycles. The molecule has 0 spiro atoms. The van der Waals surface area contributed by atoms with E-state index in [4.69, 9.17) is 4.42 Å². The summed E-state index contributed by atoms with van der Waals surface area (Å²) >= 11 is 0. The van der Waals surface area contributed by atoms with Crippen LogP contribution in [0.1, 0.15) is 43.3 Å². The van der Waals surface area contributed by atoms with E-state index in [2.05, 4.69) is 5.32 Å². The van der Waals surface area contributed by atoms with Crippen LogP contribution in [0.25, 0.3) is 0 Å². The quantitative estimate of drug-likeness (QED) is 0.823. The smallest absolute Gasteiger partial charge is 0.107 e. The molecule has 1 fully saturated rings. The Kier molecular flexibility index (Phi) is 3.08. The average Bonchev–Trinajstić information content (AvgIpc) is 2.43. The molecular weight excluding hydrogens is 202 g/mol. The minimum absolute atomic E-state index is 0.595. The lowest BCUT2D eigenvalue weighted by atomic mass is 9.90. The van der Waals surface area contributed by atoms with Crippen LogP contribution in [-0.2, 0) is 5.60 Å². The van der Waals surface area contributed by atoms with Crippen molar-refractivity contribution in [1.82, 2.24) is 5.32 Å². The van der Waals surface area contributed by atoms with Crippen LogP contribution in [0.3, 0.4) is 0 Å². The molecule has 1 aliphatic carbocycles. The SMILES string of the molecule is Cc1cc(C(C)(O)CNC2CCC2)c(C)o1. The van der Waals surface area contributed by atoms with Gasteiger partial charge in [-0.25, -0.2) is 0 Å². The van der Waals surface area contributed by atoms with Crippen LogP contribution in [0, 0.1) is 13.8 Å². The molecule has 1 atom stereocenters. The fourth-order valence-electron chi connectivity index (χ4n) is 2.22. The van der Waals surface area contributed by atoms with Crippen LogP contribution in [0.2, 0.25) is 0 Å². The summed E-state index contributed by atoms with van der Waals surface area (Å²) in [4.78, 5) is 0. The van der Waals surface area contributed by atoms with Crippen molar-refractivity contribution in [2.75, 3.05) is 6.54 Å². The van der Waals surface area contributed by atoms with Crippen molar-refractivity contribution in [3.05, 3.63) is 23.2 Å². The van der Waals surface area contributed by atoms with Crippen molar-refractivity contribution < 1.29 is 9.52 Å². The zero-order valence-corrected chi connectivity index (χ0v) is 10.3. The second-order valence-electron chi connectivity index (χ2n) is 5.11. The van der Waals surface area contributed by atoms with E-state index in [1.165, 1.54) is 19.3 Å². The summed E-state index contributed by atoms with van der Waals surface area (Å²) in [7, 11) is 0. The van der Waals surface area contributed by atoms with Gasteiger partial charge in [-0.1, -0.05) is 6.42 Å². The first-order valence-electron chi connectivity index (χ1n) is 6.02. The third-order valence-corrected chi connectivity index (χ3v) is 3.46. The zero-order valence-electron chi connectivity index (χ0n) is 10.3. The summed E-state index contributed by atoms with van der Waals surface area (Å²) in [6, 6.07) is 2.53. The van der Waals surface area contributed by atoms with Crippen LogP contribution in [0.15, 0.2) is 10.5 Å². The Labute approximate surface area is 96.8 Å². The fourth-order valence-corrected chi connectivity index (χ4v) is 2.22. The monoisotopic (exact) mass is 223 g/mol. The maximum atomic E-state index is 10.4. The first-order valence-corrected chi connectivity index (χ1v) is 6.02. The van der Waals surface area contributed by atoms with Gasteiger partial charge in [-0.15, -0.1) is 0 Å². The summed E-state index contributed by atoms with van der Waals surface area (Å²) in [6.45, 7) is 6.25. The largest absolute Gasteiger partial charge is 0.466 e. The highest BCUT2D eigenvalue weighted by Gasteiger charge is 2.29. The van der Waals surface area contributed by atoms with E-state index in [1.807, 2.05) is 26.8 Å². The lowest BCUT2D eigenvalue weighted by Crippen LogP contribution is -2.43. The standard InChI is InChI=1S/C13H21NO2/c1-9-7-12(10(2)16-9)13(3,15)8-14-11-5-4-6-11/h7,11,14-15H,4-6,8H2,1-3H3. The van der Waals surface area contributed by atoms with E-state index < -0.39 is 5.60 Å². The summed E-state index contributed by atoms with van der Waals surface area (Å²) in [5.74, 6) is 1.68. The zero-order chi connectivity index (χ0) is 11.8. The minimum Gasteiger partial charge on any atom is -0.466 e. The fraction of sp³-hybridized carbons (Fsp3) is 0.692. The number of aryl methyl sites for hydroxylation is 2. The molecular formula is C13H21NO2. The van der Waals surface area contributed by atoms with Gasteiger partial charge in [0.25, 0.3) is 0 Å². The van der Waals surface area contributed by atoms with Gasteiger partial charge in [0.2, 0.25) is 0 Å². The summed E-state index contributed by atoms with van der Waals surface area (Å²) in [5, 5.41) is 13.8. The van der Waals surface area contributed by atoms with E-state index in [1.54, 1.807) is 0 Å². The predicted molar refractivity (Wildman–Crippen MR) is 63.4 cm³/mol. The van der Waals surface area contributed by atoms with Crippen molar-refractivity contribution in [1.29, 1.82) is 0 Å². The average molecular weight is 223 g/mol. The van der Waals surface area contributed by atoms with E-state index in [0.29, 0.717) is 12.6 Å². The molecule has 1 aromatic rings. The van der Waals surface area contributed by atoms with Crippen molar-refractivity contribution >= 4 is 0 Å². The Morgan fingerprint density at radius 1 is 1.50 bits per heavy atom. The molecule has 0 aliphatic heterocycles. The van der Waals surface area contributed by atoms with Gasteiger partial charge in [-0.2, -0.15) is 0 Å². The second kappa shape index (κ2) is 4.22. The molecule has 3 heteroatoms. The van der Waals surface area contributed by atoms with Crippen molar-refractivity contribution in [3.8, 4) is 0 Å². The highest BCUT2D eigenvalue weighted by atomic mass is 16.3. The molecule has 3 nitrogen and oxygen atoms in total. The molecule has 0 radical (unpaired) electrons. The van der Waals surface area contributed by atoms with Crippen LogP contribution in [-0.4, -0.2) is 17.7 Å². The van der Waals surface area contributed by atoms with Gasteiger partial charge in [0.1, 0.15) is 17.1 Å². The lowest BCUT2D eigenvalue weighted by molar-refractivity contribution is 0.0489. The molecule has 0 amide bonds. The van der Waals surface area contributed by atoms with Gasteiger partial charge < -0.3 is 14.8 Å². The van der Waals surface area contributed by atoms with Crippen molar-refractivity contribution in [2.24, 2.45) is 0 Å². The molecule has 0 saturated heterocycles. The highest BCUT2D eigenvalue weighted by molar-refractivity contribution is 5.26. The second-order valence-corrected chi connectivity index (χ2v) is 5.11. The van der Waals surface area contributed by atoms with Gasteiger partial charge >= 0.3 is 0 Å². The van der Waals surface area contributed by atoms with Gasteiger partial charge in [-0.3, -0.25) is 0 Å². The van der Waals surface area contributed by atoms with Crippen LogP contribution in [0.5, 0.6) is 0 Å². The maximum Gasteiger partial charge on any atom is 0.107 e. The molecule has 1 aliphatic rings. The van der Waals surface area contributed by atoms with Crippen LogP contribution in [0.4, 0.5) is 0 Å².